The number of piperidine rings is 1. The van der Waals surface area contributed by atoms with Gasteiger partial charge < -0.3 is 0 Å². The lowest BCUT2D eigenvalue weighted by molar-refractivity contribution is 0.161. The van der Waals surface area contributed by atoms with Crippen molar-refractivity contribution in [1.29, 1.82) is 0 Å². The van der Waals surface area contributed by atoms with Gasteiger partial charge in [0.05, 0.1) is 11.5 Å². The van der Waals surface area contributed by atoms with Crippen LogP contribution in [0.25, 0.3) is 0 Å². The van der Waals surface area contributed by atoms with Crippen molar-refractivity contribution in [2.24, 2.45) is 0 Å². The molecule has 0 aromatic carbocycles. The van der Waals surface area contributed by atoms with Gasteiger partial charge >= 0.3 is 0 Å². The first-order chi connectivity index (χ1) is 12.1. The van der Waals surface area contributed by atoms with Gasteiger partial charge in [-0.05, 0) is 52.1 Å². The van der Waals surface area contributed by atoms with Gasteiger partial charge in [0.15, 0.2) is 15.7 Å². The first-order valence-corrected chi connectivity index (χ1v) is 11.8. The molecule has 7 heteroatoms. The lowest BCUT2D eigenvalue weighted by Gasteiger charge is -2.35. The molecular formula is C18H30N4O2S. The number of nitrogens with zero attached hydrogens (tertiary/aromatic N) is 4. The summed E-state index contributed by atoms with van der Waals surface area (Å²) in [6.07, 6.45) is 8.04. The van der Waals surface area contributed by atoms with Gasteiger partial charge in [-0.1, -0.05) is 12.8 Å². The zero-order valence-electron chi connectivity index (χ0n) is 15.2. The normalized spacial score (nSPS) is 28.8. The van der Waals surface area contributed by atoms with Gasteiger partial charge in [-0.25, -0.2) is 18.1 Å². The number of sulfone groups is 1. The van der Waals surface area contributed by atoms with Crippen molar-refractivity contribution < 1.29 is 8.42 Å². The molecule has 0 bridgehead atoms. The molecule has 3 aliphatic rings. The van der Waals surface area contributed by atoms with E-state index in [0.29, 0.717) is 23.3 Å². The number of likely N-dealkylation sites (tertiary alicyclic amines) is 1. The highest BCUT2D eigenvalue weighted by Gasteiger charge is 2.35. The third-order valence-corrected chi connectivity index (χ3v) is 8.11. The van der Waals surface area contributed by atoms with Crippen LogP contribution < -0.4 is 0 Å². The maximum absolute atomic E-state index is 11.7. The van der Waals surface area contributed by atoms with Crippen LogP contribution in [0.15, 0.2) is 0 Å². The molecule has 1 aromatic rings. The SMILES string of the molecule is CCn1nc(C2CCCC2)nc1C1CCN([C@H]2CCS(=O)(=O)C2)CC1. The third kappa shape index (κ3) is 3.63. The molecule has 2 saturated heterocycles. The van der Waals surface area contributed by atoms with Crippen molar-refractivity contribution in [3.05, 3.63) is 11.6 Å². The van der Waals surface area contributed by atoms with E-state index in [1.165, 1.54) is 31.5 Å². The molecule has 0 radical (unpaired) electrons. The standard InChI is InChI=1S/C18H30N4O2S/c1-2-22-18(19-17(20-22)14-5-3-4-6-14)15-7-10-21(11-8-15)16-9-12-25(23,24)13-16/h14-16H,2-13H2,1H3/t16-/m0/s1. The molecule has 3 fully saturated rings. The average molecular weight is 367 g/mol. The highest BCUT2D eigenvalue weighted by Crippen LogP contribution is 2.35. The summed E-state index contributed by atoms with van der Waals surface area (Å²) in [7, 11) is -2.80. The summed E-state index contributed by atoms with van der Waals surface area (Å²) in [6.45, 7) is 5.01. The largest absolute Gasteiger partial charge is 0.299 e. The van der Waals surface area contributed by atoms with E-state index in [1.54, 1.807) is 0 Å². The van der Waals surface area contributed by atoms with Crippen LogP contribution in [0.3, 0.4) is 0 Å². The Bertz CT molecular complexity index is 701. The van der Waals surface area contributed by atoms with Gasteiger partial charge in [-0.15, -0.1) is 0 Å². The molecule has 140 valence electrons. The molecule has 0 spiro atoms. The Kier molecular flexibility index (Phi) is 4.88. The fourth-order valence-electron chi connectivity index (χ4n) is 4.85. The van der Waals surface area contributed by atoms with Crippen molar-refractivity contribution in [2.45, 2.75) is 76.3 Å². The van der Waals surface area contributed by atoms with Crippen LogP contribution in [0.5, 0.6) is 0 Å². The van der Waals surface area contributed by atoms with Gasteiger partial charge in [-0.3, -0.25) is 4.90 Å². The quantitative estimate of drug-likeness (QED) is 0.818. The second-order valence-corrected chi connectivity index (χ2v) is 10.2. The topological polar surface area (TPSA) is 68.1 Å². The van der Waals surface area contributed by atoms with E-state index in [2.05, 4.69) is 16.5 Å². The van der Waals surface area contributed by atoms with E-state index in [-0.39, 0.29) is 6.04 Å². The van der Waals surface area contributed by atoms with Gasteiger partial charge in [0, 0.05) is 24.4 Å². The zero-order chi connectivity index (χ0) is 17.4. The minimum absolute atomic E-state index is 0.240. The smallest absolute Gasteiger partial charge is 0.154 e. The van der Waals surface area contributed by atoms with Gasteiger partial charge in [0.2, 0.25) is 0 Å². The van der Waals surface area contributed by atoms with Crippen LogP contribution >= 0.6 is 0 Å². The Morgan fingerprint density at radius 1 is 1.04 bits per heavy atom. The molecule has 0 N–H and O–H groups in total. The first-order valence-electron chi connectivity index (χ1n) is 9.95. The van der Waals surface area contributed by atoms with Crippen molar-refractivity contribution in [3.8, 4) is 0 Å². The fourth-order valence-corrected chi connectivity index (χ4v) is 6.61. The van der Waals surface area contributed by atoms with Gasteiger partial charge in [-0.2, -0.15) is 5.10 Å². The van der Waals surface area contributed by atoms with Crippen molar-refractivity contribution >= 4 is 9.84 Å². The molecule has 1 atom stereocenters. The highest BCUT2D eigenvalue weighted by atomic mass is 32.2. The number of rotatable bonds is 4. The van der Waals surface area contributed by atoms with E-state index in [0.717, 1.165) is 44.7 Å². The van der Waals surface area contributed by atoms with Crippen molar-refractivity contribution in [2.75, 3.05) is 24.6 Å². The number of hydrogen-bond donors (Lipinski definition) is 0. The van der Waals surface area contributed by atoms with Crippen molar-refractivity contribution in [1.82, 2.24) is 19.7 Å². The molecular weight excluding hydrogens is 336 g/mol. The maximum Gasteiger partial charge on any atom is 0.154 e. The summed E-state index contributed by atoms with van der Waals surface area (Å²) in [5.41, 5.74) is 0. The van der Waals surface area contributed by atoms with Gasteiger partial charge in [0.1, 0.15) is 5.82 Å². The Labute approximate surface area is 150 Å². The van der Waals surface area contributed by atoms with Crippen molar-refractivity contribution in [3.63, 3.8) is 0 Å². The van der Waals surface area contributed by atoms with E-state index < -0.39 is 9.84 Å². The molecule has 1 aliphatic carbocycles. The highest BCUT2D eigenvalue weighted by molar-refractivity contribution is 7.91. The fraction of sp³-hybridized carbons (Fsp3) is 0.889. The predicted octanol–water partition coefficient (Wildman–Crippen LogP) is 2.32. The second-order valence-electron chi connectivity index (χ2n) is 7.99. The molecule has 25 heavy (non-hydrogen) atoms. The minimum Gasteiger partial charge on any atom is -0.299 e. The summed E-state index contributed by atoms with van der Waals surface area (Å²) < 4.78 is 25.6. The van der Waals surface area contributed by atoms with Gasteiger partial charge in [0.25, 0.3) is 0 Å². The Balaban J connectivity index is 1.42. The molecule has 3 heterocycles. The van der Waals surface area contributed by atoms with E-state index >= 15 is 0 Å². The molecule has 0 amide bonds. The monoisotopic (exact) mass is 366 g/mol. The molecule has 2 aliphatic heterocycles. The molecule has 6 nitrogen and oxygen atoms in total. The molecule has 0 unspecified atom stereocenters. The number of aryl methyl sites for hydroxylation is 1. The summed E-state index contributed by atoms with van der Waals surface area (Å²) in [4.78, 5) is 7.36. The molecule has 4 rings (SSSR count). The van der Waals surface area contributed by atoms with Crippen LogP contribution in [0, 0.1) is 0 Å². The van der Waals surface area contributed by atoms with Crippen LogP contribution in [0.2, 0.25) is 0 Å². The van der Waals surface area contributed by atoms with Crippen LogP contribution in [0.1, 0.15) is 75.4 Å². The third-order valence-electron chi connectivity index (χ3n) is 6.36. The van der Waals surface area contributed by atoms with Crippen LogP contribution in [-0.4, -0.2) is 58.7 Å². The predicted molar refractivity (Wildman–Crippen MR) is 97.5 cm³/mol. The summed E-state index contributed by atoms with van der Waals surface area (Å²) in [6, 6.07) is 0.240. The lowest BCUT2D eigenvalue weighted by atomic mass is 9.94. The van der Waals surface area contributed by atoms with E-state index in [4.69, 9.17) is 10.1 Å². The van der Waals surface area contributed by atoms with E-state index in [1.807, 2.05) is 0 Å². The van der Waals surface area contributed by atoms with E-state index in [9.17, 15) is 8.42 Å². The first kappa shape index (κ1) is 17.5. The number of hydrogen-bond acceptors (Lipinski definition) is 5. The average Bonchev–Trinajstić information content (AvgIpc) is 3.33. The summed E-state index contributed by atoms with van der Waals surface area (Å²) in [5, 5.41) is 4.81. The molecule has 1 aromatic heterocycles. The lowest BCUT2D eigenvalue weighted by Crippen LogP contribution is -2.42. The Morgan fingerprint density at radius 3 is 2.36 bits per heavy atom. The Hall–Kier alpha value is -0.950. The minimum atomic E-state index is -2.80. The molecule has 1 saturated carbocycles. The number of aromatic nitrogens is 3. The Morgan fingerprint density at radius 2 is 1.76 bits per heavy atom. The summed E-state index contributed by atoms with van der Waals surface area (Å²) in [5.74, 6) is 4.00. The maximum atomic E-state index is 11.7. The second kappa shape index (κ2) is 6.99. The summed E-state index contributed by atoms with van der Waals surface area (Å²) >= 11 is 0. The van der Waals surface area contributed by atoms with Crippen LogP contribution in [-0.2, 0) is 16.4 Å². The zero-order valence-corrected chi connectivity index (χ0v) is 16.0. The van der Waals surface area contributed by atoms with Crippen LogP contribution in [0.4, 0.5) is 0 Å².